The average molecular weight is 222 g/mol. The van der Waals surface area contributed by atoms with Gasteiger partial charge in [-0.1, -0.05) is 39.8 Å². The van der Waals surface area contributed by atoms with Crippen LogP contribution in [0.25, 0.3) is 0 Å². The van der Waals surface area contributed by atoms with Gasteiger partial charge >= 0.3 is 0 Å². The minimum atomic E-state index is -0.460. The molecule has 0 radical (unpaired) electrons. The summed E-state index contributed by atoms with van der Waals surface area (Å²) >= 11 is 0. The van der Waals surface area contributed by atoms with Gasteiger partial charge in [0.15, 0.2) is 0 Å². The van der Waals surface area contributed by atoms with Gasteiger partial charge in [-0.25, -0.2) is 0 Å². The number of aliphatic hydroxyl groups excluding tert-OH is 1. The molecule has 90 valence electrons. The molecule has 1 aromatic rings. The molecule has 1 aromatic carbocycles. The molecule has 0 aliphatic rings. The molecule has 0 amide bonds. The summed E-state index contributed by atoms with van der Waals surface area (Å²) in [5.41, 5.74) is 0.768. The number of rotatable bonds is 4. The topological polar surface area (TPSA) is 29.5 Å². The highest BCUT2D eigenvalue weighted by molar-refractivity contribution is 5.30. The van der Waals surface area contributed by atoms with Gasteiger partial charge in [0.05, 0.1) is 12.7 Å². The SMILES string of the molecule is CCCOc1cccc(C(O)C(C)(C)C)c1. The highest BCUT2D eigenvalue weighted by Crippen LogP contribution is 2.33. The predicted octanol–water partition coefficient (Wildman–Crippen LogP) is 3.55. The Bertz CT molecular complexity index is 326. The molecule has 0 saturated carbocycles. The molecular formula is C14H22O2. The Morgan fingerprint density at radius 1 is 1.31 bits per heavy atom. The summed E-state index contributed by atoms with van der Waals surface area (Å²) in [6, 6.07) is 7.71. The van der Waals surface area contributed by atoms with Gasteiger partial charge in [0.25, 0.3) is 0 Å². The van der Waals surface area contributed by atoms with Crippen molar-refractivity contribution in [3.63, 3.8) is 0 Å². The quantitative estimate of drug-likeness (QED) is 0.844. The number of aliphatic hydroxyl groups is 1. The zero-order chi connectivity index (χ0) is 12.2. The molecule has 0 saturated heterocycles. The van der Waals surface area contributed by atoms with E-state index in [0.29, 0.717) is 0 Å². The van der Waals surface area contributed by atoms with Crippen LogP contribution in [0.2, 0.25) is 0 Å². The van der Waals surface area contributed by atoms with Gasteiger partial charge in [0.1, 0.15) is 5.75 Å². The van der Waals surface area contributed by atoms with E-state index in [1.165, 1.54) is 0 Å². The number of hydrogen-bond acceptors (Lipinski definition) is 2. The van der Waals surface area contributed by atoms with E-state index in [1.54, 1.807) is 0 Å². The lowest BCUT2D eigenvalue weighted by atomic mass is 9.85. The van der Waals surface area contributed by atoms with Crippen LogP contribution in [0, 0.1) is 5.41 Å². The van der Waals surface area contributed by atoms with Crippen molar-refractivity contribution >= 4 is 0 Å². The third-order valence-corrected chi connectivity index (χ3v) is 2.47. The molecule has 1 N–H and O–H groups in total. The van der Waals surface area contributed by atoms with Crippen molar-refractivity contribution in [2.24, 2.45) is 5.41 Å². The zero-order valence-corrected chi connectivity index (χ0v) is 10.7. The lowest BCUT2D eigenvalue weighted by Gasteiger charge is -2.26. The lowest BCUT2D eigenvalue weighted by Crippen LogP contribution is -2.17. The molecule has 0 bridgehead atoms. The van der Waals surface area contributed by atoms with Crippen molar-refractivity contribution in [3.8, 4) is 5.75 Å². The standard InChI is InChI=1S/C14H22O2/c1-5-9-16-12-8-6-7-11(10-12)13(15)14(2,3)4/h6-8,10,13,15H,5,9H2,1-4H3. The summed E-state index contributed by atoms with van der Waals surface area (Å²) in [4.78, 5) is 0. The second-order valence-corrected chi connectivity index (χ2v) is 5.19. The van der Waals surface area contributed by atoms with Crippen molar-refractivity contribution in [1.82, 2.24) is 0 Å². The summed E-state index contributed by atoms with van der Waals surface area (Å²) < 4.78 is 5.55. The fraction of sp³-hybridized carbons (Fsp3) is 0.571. The van der Waals surface area contributed by atoms with Gasteiger partial charge < -0.3 is 9.84 Å². The smallest absolute Gasteiger partial charge is 0.119 e. The maximum Gasteiger partial charge on any atom is 0.119 e. The third kappa shape index (κ3) is 3.53. The van der Waals surface area contributed by atoms with Gasteiger partial charge in [-0.3, -0.25) is 0 Å². The molecule has 0 fully saturated rings. The van der Waals surface area contributed by atoms with Crippen LogP contribution < -0.4 is 4.74 Å². The summed E-state index contributed by atoms with van der Waals surface area (Å²) in [5, 5.41) is 10.2. The van der Waals surface area contributed by atoms with Crippen LogP contribution in [-0.2, 0) is 0 Å². The van der Waals surface area contributed by atoms with Crippen molar-refractivity contribution in [2.75, 3.05) is 6.61 Å². The molecule has 0 aliphatic heterocycles. The Labute approximate surface area is 98.3 Å². The van der Waals surface area contributed by atoms with Crippen LogP contribution in [0.1, 0.15) is 45.8 Å². The lowest BCUT2D eigenvalue weighted by molar-refractivity contribution is 0.0624. The molecule has 0 aromatic heterocycles. The first kappa shape index (κ1) is 13.0. The van der Waals surface area contributed by atoms with E-state index < -0.39 is 6.10 Å². The predicted molar refractivity (Wildman–Crippen MR) is 66.6 cm³/mol. The van der Waals surface area contributed by atoms with E-state index in [9.17, 15) is 5.11 Å². The number of hydrogen-bond donors (Lipinski definition) is 1. The highest BCUT2D eigenvalue weighted by Gasteiger charge is 2.23. The minimum absolute atomic E-state index is 0.149. The average Bonchev–Trinajstić information content (AvgIpc) is 2.24. The Balaban J connectivity index is 2.81. The zero-order valence-electron chi connectivity index (χ0n) is 10.7. The van der Waals surface area contributed by atoms with E-state index >= 15 is 0 Å². The van der Waals surface area contributed by atoms with Crippen LogP contribution in [0.4, 0.5) is 0 Å². The van der Waals surface area contributed by atoms with Crippen molar-refractivity contribution in [3.05, 3.63) is 29.8 Å². The van der Waals surface area contributed by atoms with Crippen LogP contribution in [0.5, 0.6) is 5.75 Å². The minimum Gasteiger partial charge on any atom is -0.494 e. The Hall–Kier alpha value is -1.02. The number of ether oxygens (including phenoxy) is 1. The maximum absolute atomic E-state index is 10.2. The van der Waals surface area contributed by atoms with Crippen LogP contribution >= 0.6 is 0 Å². The van der Waals surface area contributed by atoms with Gasteiger partial charge in [-0.05, 0) is 29.5 Å². The summed E-state index contributed by atoms with van der Waals surface area (Å²) in [5.74, 6) is 0.836. The second kappa shape index (κ2) is 5.35. The van der Waals surface area contributed by atoms with E-state index in [2.05, 4.69) is 6.92 Å². The van der Waals surface area contributed by atoms with E-state index in [-0.39, 0.29) is 5.41 Å². The van der Waals surface area contributed by atoms with Gasteiger partial charge in [0.2, 0.25) is 0 Å². The van der Waals surface area contributed by atoms with E-state index in [4.69, 9.17) is 4.74 Å². The Morgan fingerprint density at radius 3 is 2.56 bits per heavy atom. The first-order chi connectivity index (χ1) is 7.45. The van der Waals surface area contributed by atoms with Gasteiger partial charge in [0, 0.05) is 0 Å². The van der Waals surface area contributed by atoms with Gasteiger partial charge in [-0.2, -0.15) is 0 Å². The van der Waals surface area contributed by atoms with E-state index in [0.717, 1.165) is 24.3 Å². The molecular weight excluding hydrogens is 200 g/mol. The third-order valence-electron chi connectivity index (χ3n) is 2.47. The molecule has 1 rings (SSSR count). The normalized spacial score (nSPS) is 13.6. The molecule has 16 heavy (non-hydrogen) atoms. The fourth-order valence-corrected chi connectivity index (χ4v) is 1.49. The molecule has 2 heteroatoms. The first-order valence-corrected chi connectivity index (χ1v) is 5.86. The molecule has 0 spiro atoms. The number of benzene rings is 1. The van der Waals surface area contributed by atoms with Crippen LogP contribution in [0.15, 0.2) is 24.3 Å². The summed E-state index contributed by atoms with van der Waals surface area (Å²) in [6.45, 7) is 8.87. The Kier molecular flexibility index (Phi) is 4.36. The Morgan fingerprint density at radius 2 is 2.00 bits per heavy atom. The van der Waals surface area contributed by atoms with Crippen LogP contribution in [0.3, 0.4) is 0 Å². The second-order valence-electron chi connectivity index (χ2n) is 5.19. The highest BCUT2D eigenvalue weighted by atomic mass is 16.5. The van der Waals surface area contributed by atoms with E-state index in [1.807, 2.05) is 45.0 Å². The largest absolute Gasteiger partial charge is 0.494 e. The first-order valence-electron chi connectivity index (χ1n) is 5.86. The molecule has 2 nitrogen and oxygen atoms in total. The van der Waals surface area contributed by atoms with Crippen molar-refractivity contribution in [1.29, 1.82) is 0 Å². The van der Waals surface area contributed by atoms with Crippen molar-refractivity contribution < 1.29 is 9.84 Å². The van der Waals surface area contributed by atoms with Gasteiger partial charge in [-0.15, -0.1) is 0 Å². The maximum atomic E-state index is 10.2. The molecule has 0 heterocycles. The molecule has 1 atom stereocenters. The van der Waals surface area contributed by atoms with Crippen LogP contribution in [-0.4, -0.2) is 11.7 Å². The monoisotopic (exact) mass is 222 g/mol. The fourth-order valence-electron chi connectivity index (χ4n) is 1.49. The van der Waals surface area contributed by atoms with Crippen molar-refractivity contribution in [2.45, 2.75) is 40.2 Å². The summed E-state index contributed by atoms with van der Waals surface area (Å²) in [7, 11) is 0. The summed E-state index contributed by atoms with van der Waals surface area (Å²) in [6.07, 6.45) is 0.532. The molecule has 0 aliphatic carbocycles. The molecule has 1 unspecified atom stereocenters.